The molecule has 0 rings (SSSR count). The van der Waals surface area contributed by atoms with Crippen LogP contribution < -0.4 is 0 Å². The van der Waals surface area contributed by atoms with Crippen LogP contribution in [0.4, 0.5) is 22.0 Å². The van der Waals surface area contributed by atoms with Crippen LogP contribution in [0.15, 0.2) is 12.7 Å². The molecule has 0 radical (unpaired) electrons. The number of rotatable bonds is 8. The van der Waals surface area contributed by atoms with Crippen LogP contribution in [0.2, 0.25) is 0 Å². The van der Waals surface area contributed by atoms with Crippen LogP contribution in [0, 0.1) is 0 Å². The molecule has 0 spiro atoms. The summed E-state index contributed by atoms with van der Waals surface area (Å²) < 4.78 is 108. The second-order valence-corrected chi connectivity index (χ2v) is 7.50. The number of halogens is 5. The van der Waals surface area contributed by atoms with E-state index < -0.39 is 57.9 Å². The van der Waals surface area contributed by atoms with Gasteiger partial charge in [0, 0.05) is 6.08 Å². The molecule has 0 aliphatic carbocycles. The molecule has 0 aromatic carbocycles. The lowest BCUT2D eigenvalue weighted by molar-refractivity contribution is -0.357. The Bertz CT molecular complexity index is 680. The summed E-state index contributed by atoms with van der Waals surface area (Å²) in [5.41, 5.74) is -1.53. The maximum Gasteiger partial charge on any atom is 0.468 e. The highest BCUT2D eigenvalue weighted by Crippen LogP contribution is 2.38. The monoisotopic (exact) mass is 428 g/mol. The fourth-order valence-electron chi connectivity index (χ4n) is 1.36. The first-order valence-electron chi connectivity index (χ1n) is 6.93. The quantitative estimate of drug-likeness (QED) is 0.206. The predicted molar refractivity (Wildman–Crippen MR) is 78.0 cm³/mol. The van der Waals surface area contributed by atoms with Crippen molar-refractivity contribution in [1.82, 2.24) is 0 Å². The van der Waals surface area contributed by atoms with E-state index in [-0.39, 0.29) is 6.08 Å². The molecule has 0 amide bonds. The maximum atomic E-state index is 13.5. The number of hydrogen-bond donors (Lipinski definition) is 1. The van der Waals surface area contributed by atoms with Crippen molar-refractivity contribution in [2.45, 2.75) is 50.0 Å². The Morgan fingerprint density at radius 2 is 1.56 bits per heavy atom. The first-order chi connectivity index (χ1) is 11.8. The van der Waals surface area contributed by atoms with Crippen molar-refractivity contribution in [2.24, 2.45) is 0 Å². The van der Waals surface area contributed by atoms with Crippen LogP contribution in [0.25, 0.3) is 0 Å². The average molecular weight is 428 g/mol. The minimum absolute atomic E-state index is 0.237. The van der Waals surface area contributed by atoms with Gasteiger partial charge in [-0.25, -0.2) is 9.59 Å². The van der Waals surface area contributed by atoms with E-state index in [9.17, 15) is 40.0 Å². The molecule has 8 nitrogen and oxygen atoms in total. The van der Waals surface area contributed by atoms with Gasteiger partial charge in [0.2, 0.25) is 0 Å². The Labute approximate surface area is 151 Å². The smallest absolute Gasteiger partial charge is 0.455 e. The zero-order valence-corrected chi connectivity index (χ0v) is 15.1. The van der Waals surface area contributed by atoms with E-state index in [1.165, 1.54) is 0 Å². The molecule has 0 aliphatic heterocycles. The number of carbonyl (C=O) groups excluding carboxylic acids is 2. The van der Waals surface area contributed by atoms with E-state index in [1.807, 2.05) is 0 Å². The number of ether oxygens (including phenoxy) is 3. The topological polar surface area (TPSA) is 116 Å². The molecule has 1 N–H and O–H groups in total. The molecule has 0 aromatic heterocycles. The van der Waals surface area contributed by atoms with E-state index in [4.69, 9.17) is 4.55 Å². The van der Waals surface area contributed by atoms with Crippen molar-refractivity contribution >= 4 is 22.1 Å². The van der Waals surface area contributed by atoms with E-state index in [0.29, 0.717) is 0 Å². The van der Waals surface area contributed by atoms with Crippen LogP contribution in [-0.2, 0) is 33.9 Å². The lowest BCUT2D eigenvalue weighted by Crippen LogP contribution is -2.59. The second-order valence-electron chi connectivity index (χ2n) is 5.95. The third-order valence-electron chi connectivity index (χ3n) is 2.53. The minimum atomic E-state index is -5.97. The summed E-state index contributed by atoms with van der Waals surface area (Å²) in [6, 6.07) is 0. The maximum absolute atomic E-state index is 13.5. The molecule has 158 valence electrons. The van der Waals surface area contributed by atoms with Gasteiger partial charge in [0.25, 0.3) is 0 Å². The molecule has 0 saturated carbocycles. The number of esters is 2. The Kier molecular flexibility index (Phi) is 7.52. The summed E-state index contributed by atoms with van der Waals surface area (Å²) >= 11 is 0. The van der Waals surface area contributed by atoms with Gasteiger partial charge in [-0.15, -0.1) is 0 Å². The van der Waals surface area contributed by atoms with Gasteiger partial charge in [-0.05, 0) is 20.8 Å². The second kappa shape index (κ2) is 8.06. The van der Waals surface area contributed by atoms with Crippen LogP contribution in [0.1, 0.15) is 27.2 Å². The molecule has 0 heterocycles. The molecule has 0 saturated heterocycles. The minimum Gasteiger partial charge on any atom is -0.455 e. The van der Waals surface area contributed by atoms with Crippen molar-refractivity contribution in [1.29, 1.82) is 0 Å². The Morgan fingerprint density at radius 1 is 1.07 bits per heavy atom. The molecule has 0 fully saturated rings. The fraction of sp³-hybridized carbons (Fsp3) is 0.692. The van der Waals surface area contributed by atoms with Crippen LogP contribution >= 0.6 is 0 Å². The molecular formula is C13H17F5O8S. The molecule has 0 aliphatic rings. The highest BCUT2D eigenvalue weighted by molar-refractivity contribution is 7.86. The van der Waals surface area contributed by atoms with Gasteiger partial charge >= 0.3 is 39.3 Å². The van der Waals surface area contributed by atoms with E-state index in [1.54, 1.807) is 0 Å². The summed E-state index contributed by atoms with van der Waals surface area (Å²) in [6.07, 6.45) is -7.56. The van der Waals surface area contributed by atoms with Crippen LogP contribution in [0.5, 0.6) is 0 Å². The van der Waals surface area contributed by atoms with Crippen molar-refractivity contribution in [3.8, 4) is 0 Å². The van der Waals surface area contributed by atoms with E-state index in [0.717, 1.165) is 20.8 Å². The average Bonchev–Trinajstić information content (AvgIpc) is 2.41. The molecule has 14 heteroatoms. The molecule has 27 heavy (non-hydrogen) atoms. The summed E-state index contributed by atoms with van der Waals surface area (Å²) in [4.78, 5) is 23.2. The zero-order valence-electron chi connectivity index (χ0n) is 14.3. The molecule has 0 aromatic rings. The number of hydrogen-bond acceptors (Lipinski definition) is 7. The summed E-state index contributed by atoms with van der Waals surface area (Å²) in [7, 11) is -5.97. The highest BCUT2D eigenvalue weighted by Gasteiger charge is 2.68. The van der Waals surface area contributed by atoms with Gasteiger partial charge in [0.15, 0.2) is 0 Å². The van der Waals surface area contributed by atoms with Gasteiger partial charge in [-0.2, -0.15) is 30.4 Å². The lowest BCUT2D eigenvalue weighted by Gasteiger charge is -2.34. The first kappa shape index (κ1) is 25.2. The largest absolute Gasteiger partial charge is 0.468 e. The third kappa shape index (κ3) is 6.70. The number of alkyl halides is 5. The summed E-state index contributed by atoms with van der Waals surface area (Å²) in [5, 5.41) is -4.89. The highest BCUT2D eigenvalue weighted by atomic mass is 32.2. The molecule has 1 atom stereocenters. The van der Waals surface area contributed by atoms with Gasteiger partial charge in [0.05, 0.1) is 13.0 Å². The van der Waals surface area contributed by atoms with E-state index >= 15 is 0 Å². The SMILES string of the molecule is C=CC(=O)OC(OCCC(F)(F)S(=O)(=O)O)(C(=O)OC(C)(C)C)C(F)(F)F. The fourth-order valence-corrected chi connectivity index (χ4v) is 1.70. The zero-order chi connectivity index (χ0) is 21.9. The Balaban J connectivity index is 5.91. The third-order valence-corrected chi connectivity index (χ3v) is 3.49. The van der Waals surface area contributed by atoms with Crippen molar-refractivity contribution < 1.29 is 58.7 Å². The molecular weight excluding hydrogens is 411 g/mol. The van der Waals surface area contributed by atoms with Gasteiger partial charge in [-0.3, -0.25) is 4.55 Å². The van der Waals surface area contributed by atoms with Gasteiger partial charge in [0.1, 0.15) is 5.60 Å². The summed E-state index contributed by atoms with van der Waals surface area (Å²) in [6.45, 7) is 4.54. The standard InChI is InChI=1S/C13H17F5O8S/c1-5-8(19)25-12(13(16,17)18,9(20)26-10(2,3)4)24-7-6-11(14,15)27(21,22)23/h5H,1,6-7H2,2-4H3,(H,21,22,23). The molecule has 0 bridgehead atoms. The Hall–Kier alpha value is -1.80. The van der Waals surface area contributed by atoms with Crippen molar-refractivity contribution in [3.05, 3.63) is 12.7 Å². The summed E-state index contributed by atoms with van der Waals surface area (Å²) in [5.74, 6) is -8.58. The Morgan fingerprint density at radius 3 is 1.89 bits per heavy atom. The predicted octanol–water partition coefficient (Wildman–Crippen LogP) is 2.20. The van der Waals surface area contributed by atoms with Crippen molar-refractivity contribution in [2.75, 3.05) is 6.61 Å². The van der Waals surface area contributed by atoms with Crippen molar-refractivity contribution in [3.63, 3.8) is 0 Å². The van der Waals surface area contributed by atoms with Gasteiger partial charge in [-0.1, -0.05) is 6.58 Å². The molecule has 1 unspecified atom stereocenters. The van der Waals surface area contributed by atoms with Crippen LogP contribution in [0.3, 0.4) is 0 Å². The first-order valence-corrected chi connectivity index (χ1v) is 8.37. The lowest BCUT2D eigenvalue weighted by atomic mass is 10.1. The van der Waals surface area contributed by atoms with Crippen LogP contribution in [-0.4, -0.2) is 54.3 Å². The van der Waals surface area contributed by atoms with Gasteiger partial charge < -0.3 is 14.2 Å². The van der Waals surface area contributed by atoms with E-state index in [2.05, 4.69) is 20.8 Å². The number of carbonyl (C=O) groups is 2. The normalized spacial score (nSPS) is 15.6.